The highest BCUT2D eigenvalue weighted by atomic mass is 32.2. The normalized spacial score (nSPS) is 10.4. The van der Waals surface area contributed by atoms with E-state index in [4.69, 9.17) is 0 Å². The lowest BCUT2D eigenvalue weighted by atomic mass is 10.1. The molecule has 1 aromatic heterocycles. The predicted octanol–water partition coefficient (Wildman–Crippen LogP) is 3.19. The molecule has 0 spiro atoms. The standard InChI is InChI=1S/C15H20N4S/c1-11-6-5-7-12(8-11)10-19(3)14-9-13(16-2)17-15(18-14)20-4/h5-9H,10H2,1-4H3,(H,16,17,18). The number of nitrogens with zero attached hydrogens (tertiary/aromatic N) is 3. The van der Waals surface area contributed by atoms with Gasteiger partial charge in [-0.05, 0) is 18.7 Å². The number of anilines is 2. The van der Waals surface area contributed by atoms with Crippen LogP contribution in [-0.4, -0.2) is 30.3 Å². The first-order chi connectivity index (χ1) is 9.62. The molecule has 0 unspecified atom stereocenters. The van der Waals surface area contributed by atoms with Crippen LogP contribution >= 0.6 is 11.8 Å². The Kier molecular flexibility index (Phi) is 4.84. The van der Waals surface area contributed by atoms with Crippen LogP contribution in [-0.2, 0) is 6.54 Å². The third-order valence-electron chi connectivity index (χ3n) is 3.02. The van der Waals surface area contributed by atoms with Crippen LogP contribution in [0.5, 0.6) is 0 Å². The SMILES string of the molecule is CNc1cc(N(C)Cc2cccc(C)c2)nc(SC)n1. The van der Waals surface area contributed by atoms with Crippen molar-refractivity contribution in [3.8, 4) is 0 Å². The lowest BCUT2D eigenvalue weighted by Crippen LogP contribution is -2.18. The molecule has 0 bridgehead atoms. The fourth-order valence-corrected chi connectivity index (χ4v) is 2.37. The molecule has 106 valence electrons. The minimum atomic E-state index is 0.781. The topological polar surface area (TPSA) is 41.0 Å². The number of rotatable bonds is 5. The summed E-state index contributed by atoms with van der Waals surface area (Å²) in [6.45, 7) is 2.94. The molecule has 0 saturated carbocycles. The van der Waals surface area contributed by atoms with E-state index in [2.05, 4.69) is 51.4 Å². The van der Waals surface area contributed by atoms with Gasteiger partial charge in [-0.25, -0.2) is 9.97 Å². The summed E-state index contributed by atoms with van der Waals surface area (Å²) in [7, 11) is 3.92. The summed E-state index contributed by atoms with van der Waals surface area (Å²) < 4.78 is 0. The van der Waals surface area contributed by atoms with Gasteiger partial charge in [0, 0.05) is 26.7 Å². The Morgan fingerprint density at radius 2 is 2.05 bits per heavy atom. The predicted molar refractivity (Wildman–Crippen MR) is 86.6 cm³/mol. The molecule has 1 N–H and O–H groups in total. The Hall–Kier alpha value is -1.75. The van der Waals surface area contributed by atoms with Crippen LogP contribution in [0.15, 0.2) is 35.5 Å². The van der Waals surface area contributed by atoms with Crippen molar-refractivity contribution in [3.05, 3.63) is 41.5 Å². The summed E-state index contributed by atoms with van der Waals surface area (Å²) in [5.41, 5.74) is 2.56. The van der Waals surface area contributed by atoms with Gasteiger partial charge < -0.3 is 10.2 Å². The summed E-state index contributed by atoms with van der Waals surface area (Å²) in [5, 5.41) is 3.86. The van der Waals surface area contributed by atoms with Crippen LogP contribution in [0.1, 0.15) is 11.1 Å². The van der Waals surface area contributed by atoms with Gasteiger partial charge in [0.15, 0.2) is 5.16 Å². The van der Waals surface area contributed by atoms with Crippen LogP contribution < -0.4 is 10.2 Å². The second-order valence-electron chi connectivity index (χ2n) is 4.69. The summed E-state index contributed by atoms with van der Waals surface area (Å²) in [5.74, 6) is 1.77. The second kappa shape index (κ2) is 6.61. The van der Waals surface area contributed by atoms with E-state index in [0.717, 1.165) is 23.3 Å². The first-order valence-electron chi connectivity index (χ1n) is 6.50. The molecular weight excluding hydrogens is 268 g/mol. The zero-order chi connectivity index (χ0) is 14.5. The van der Waals surface area contributed by atoms with Crippen molar-refractivity contribution in [2.75, 3.05) is 30.6 Å². The highest BCUT2D eigenvalue weighted by Gasteiger charge is 2.08. The Bertz CT molecular complexity index is 564. The average Bonchev–Trinajstić information content (AvgIpc) is 2.46. The Morgan fingerprint density at radius 1 is 1.25 bits per heavy atom. The zero-order valence-corrected chi connectivity index (χ0v) is 13.2. The van der Waals surface area contributed by atoms with Crippen LogP contribution in [0.3, 0.4) is 0 Å². The molecule has 1 heterocycles. The van der Waals surface area contributed by atoms with Crippen molar-refractivity contribution < 1.29 is 0 Å². The van der Waals surface area contributed by atoms with Gasteiger partial charge in [-0.3, -0.25) is 0 Å². The minimum absolute atomic E-state index is 0.781. The van der Waals surface area contributed by atoms with Gasteiger partial charge in [0.25, 0.3) is 0 Å². The van der Waals surface area contributed by atoms with E-state index in [1.165, 1.54) is 11.1 Å². The number of thioether (sulfide) groups is 1. The van der Waals surface area contributed by atoms with Crippen LogP contribution in [0.2, 0.25) is 0 Å². The third kappa shape index (κ3) is 3.63. The fraction of sp³-hybridized carbons (Fsp3) is 0.333. The number of aryl methyl sites for hydroxylation is 1. The van der Waals surface area contributed by atoms with Crippen molar-refractivity contribution in [3.63, 3.8) is 0 Å². The van der Waals surface area contributed by atoms with E-state index in [9.17, 15) is 0 Å². The van der Waals surface area contributed by atoms with E-state index in [-0.39, 0.29) is 0 Å². The maximum atomic E-state index is 4.56. The number of benzene rings is 1. The van der Waals surface area contributed by atoms with Gasteiger partial charge in [0.2, 0.25) is 0 Å². The van der Waals surface area contributed by atoms with Crippen LogP contribution in [0, 0.1) is 6.92 Å². The molecular formula is C15H20N4S. The third-order valence-corrected chi connectivity index (χ3v) is 3.57. The van der Waals surface area contributed by atoms with Crippen molar-refractivity contribution >= 4 is 23.4 Å². The van der Waals surface area contributed by atoms with Crippen LogP contribution in [0.4, 0.5) is 11.6 Å². The molecule has 2 aromatic rings. The lowest BCUT2D eigenvalue weighted by molar-refractivity contribution is 0.857. The largest absolute Gasteiger partial charge is 0.373 e. The molecule has 1 aromatic carbocycles. The Morgan fingerprint density at radius 3 is 2.70 bits per heavy atom. The molecule has 0 aliphatic rings. The van der Waals surface area contributed by atoms with Gasteiger partial charge >= 0.3 is 0 Å². The quantitative estimate of drug-likeness (QED) is 0.676. The average molecular weight is 288 g/mol. The van der Waals surface area contributed by atoms with Crippen molar-refractivity contribution in [2.45, 2.75) is 18.6 Å². The molecule has 0 saturated heterocycles. The highest BCUT2D eigenvalue weighted by molar-refractivity contribution is 7.98. The van der Waals surface area contributed by atoms with E-state index < -0.39 is 0 Å². The minimum Gasteiger partial charge on any atom is -0.373 e. The summed E-state index contributed by atoms with van der Waals surface area (Å²) >= 11 is 1.55. The van der Waals surface area contributed by atoms with E-state index >= 15 is 0 Å². The first kappa shape index (κ1) is 14.7. The number of nitrogens with one attached hydrogen (secondary N) is 1. The van der Waals surface area contributed by atoms with Gasteiger partial charge in [-0.15, -0.1) is 0 Å². The summed E-state index contributed by atoms with van der Waals surface area (Å²) in [4.78, 5) is 11.1. The molecule has 0 fully saturated rings. The monoisotopic (exact) mass is 288 g/mol. The molecule has 20 heavy (non-hydrogen) atoms. The second-order valence-corrected chi connectivity index (χ2v) is 5.47. The zero-order valence-electron chi connectivity index (χ0n) is 12.3. The molecule has 0 radical (unpaired) electrons. The summed E-state index contributed by atoms with van der Waals surface area (Å²) in [6.07, 6.45) is 1.99. The molecule has 5 heteroatoms. The molecule has 4 nitrogen and oxygen atoms in total. The van der Waals surface area contributed by atoms with E-state index in [0.29, 0.717) is 0 Å². The maximum Gasteiger partial charge on any atom is 0.191 e. The fourth-order valence-electron chi connectivity index (χ4n) is 1.99. The van der Waals surface area contributed by atoms with Crippen LogP contribution in [0.25, 0.3) is 0 Å². The Balaban J connectivity index is 2.22. The maximum absolute atomic E-state index is 4.56. The molecule has 0 atom stereocenters. The van der Waals surface area contributed by atoms with Gasteiger partial charge in [-0.2, -0.15) is 0 Å². The van der Waals surface area contributed by atoms with Gasteiger partial charge in [0.05, 0.1) is 0 Å². The molecule has 0 amide bonds. The molecule has 0 aliphatic heterocycles. The smallest absolute Gasteiger partial charge is 0.191 e. The van der Waals surface area contributed by atoms with Crippen molar-refractivity contribution in [2.24, 2.45) is 0 Å². The lowest BCUT2D eigenvalue weighted by Gasteiger charge is -2.19. The number of hydrogen-bond donors (Lipinski definition) is 1. The summed E-state index contributed by atoms with van der Waals surface area (Å²) in [6, 6.07) is 10.5. The van der Waals surface area contributed by atoms with Gasteiger partial charge in [0.1, 0.15) is 11.6 Å². The van der Waals surface area contributed by atoms with Crippen molar-refractivity contribution in [1.29, 1.82) is 0 Å². The first-order valence-corrected chi connectivity index (χ1v) is 7.72. The highest BCUT2D eigenvalue weighted by Crippen LogP contribution is 2.20. The Labute approximate surface area is 124 Å². The van der Waals surface area contributed by atoms with E-state index in [1.807, 2.05) is 26.4 Å². The van der Waals surface area contributed by atoms with E-state index in [1.54, 1.807) is 11.8 Å². The number of hydrogen-bond acceptors (Lipinski definition) is 5. The van der Waals surface area contributed by atoms with Crippen molar-refractivity contribution in [1.82, 2.24) is 9.97 Å². The molecule has 2 rings (SSSR count). The number of aromatic nitrogens is 2. The molecule has 0 aliphatic carbocycles. The van der Waals surface area contributed by atoms with Gasteiger partial charge in [-0.1, -0.05) is 41.6 Å².